The van der Waals surface area contributed by atoms with E-state index in [1.54, 1.807) is 0 Å². The molecular formula is C14H22N2O2S. The van der Waals surface area contributed by atoms with Gasteiger partial charge < -0.3 is 10.4 Å². The van der Waals surface area contributed by atoms with Crippen LogP contribution < -0.4 is 5.32 Å². The molecule has 106 valence electrons. The first-order chi connectivity index (χ1) is 9.11. The van der Waals surface area contributed by atoms with Crippen molar-refractivity contribution in [3.63, 3.8) is 0 Å². The quantitative estimate of drug-likeness (QED) is 0.870. The van der Waals surface area contributed by atoms with E-state index in [4.69, 9.17) is 5.11 Å². The second-order valence-corrected chi connectivity index (χ2v) is 6.30. The van der Waals surface area contributed by atoms with Crippen LogP contribution in [0.15, 0.2) is 6.07 Å². The summed E-state index contributed by atoms with van der Waals surface area (Å²) in [6, 6.07) is 2.46. The van der Waals surface area contributed by atoms with Gasteiger partial charge in [-0.15, -0.1) is 11.3 Å². The molecule has 2 rings (SSSR count). The third-order valence-electron chi connectivity index (χ3n) is 3.84. The molecule has 1 fully saturated rings. The van der Waals surface area contributed by atoms with Crippen molar-refractivity contribution < 1.29 is 9.90 Å². The van der Waals surface area contributed by atoms with Gasteiger partial charge in [-0.3, -0.25) is 4.90 Å². The van der Waals surface area contributed by atoms with Gasteiger partial charge >= 0.3 is 5.97 Å². The first-order valence-electron chi connectivity index (χ1n) is 6.89. The molecule has 5 heteroatoms. The predicted molar refractivity (Wildman–Crippen MR) is 78.0 cm³/mol. The molecule has 0 saturated carbocycles. The molecular weight excluding hydrogens is 260 g/mol. The van der Waals surface area contributed by atoms with Crippen LogP contribution in [0.3, 0.4) is 0 Å². The highest BCUT2D eigenvalue weighted by Crippen LogP contribution is 2.24. The fourth-order valence-electron chi connectivity index (χ4n) is 2.67. The summed E-state index contributed by atoms with van der Waals surface area (Å²) in [5.74, 6) is -0.815. The third kappa shape index (κ3) is 3.55. The van der Waals surface area contributed by atoms with E-state index < -0.39 is 5.97 Å². The zero-order valence-corrected chi connectivity index (χ0v) is 12.4. The Hall–Kier alpha value is -0.910. The van der Waals surface area contributed by atoms with Gasteiger partial charge in [-0.2, -0.15) is 0 Å². The summed E-state index contributed by atoms with van der Waals surface area (Å²) in [6.07, 6.45) is 2.37. The molecule has 0 aromatic carbocycles. The lowest BCUT2D eigenvalue weighted by atomic mass is 10.0. The van der Waals surface area contributed by atoms with E-state index in [0.29, 0.717) is 10.9 Å². The number of carbonyl (C=O) groups is 1. The molecule has 0 radical (unpaired) electrons. The lowest BCUT2D eigenvalue weighted by Gasteiger charge is -2.33. The van der Waals surface area contributed by atoms with Crippen LogP contribution in [0.1, 0.15) is 39.9 Å². The van der Waals surface area contributed by atoms with Crippen molar-refractivity contribution in [1.82, 2.24) is 10.2 Å². The van der Waals surface area contributed by atoms with Crippen LogP contribution in [0.2, 0.25) is 0 Å². The van der Waals surface area contributed by atoms with E-state index in [1.165, 1.54) is 29.7 Å². The number of aromatic carboxylic acids is 1. The van der Waals surface area contributed by atoms with Crippen LogP contribution in [-0.2, 0) is 6.54 Å². The second-order valence-electron chi connectivity index (χ2n) is 5.04. The molecule has 2 heterocycles. The molecule has 0 spiro atoms. The van der Waals surface area contributed by atoms with Gasteiger partial charge in [0.25, 0.3) is 0 Å². The van der Waals surface area contributed by atoms with Crippen molar-refractivity contribution in [2.75, 3.05) is 19.6 Å². The van der Waals surface area contributed by atoms with Gasteiger partial charge in [0, 0.05) is 17.5 Å². The number of carboxylic acids is 1. The SMILES string of the molecule is CCN(Cc1cc(C(=O)O)sc1C)C1CCNCC1. The third-order valence-corrected chi connectivity index (χ3v) is 4.92. The smallest absolute Gasteiger partial charge is 0.345 e. The van der Waals surface area contributed by atoms with Crippen LogP contribution in [0.25, 0.3) is 0 Å². The Bertz CT molecular complexity index is 439. The largest absolute Gasteiger partial charge is 0.477 e. The molecule has 0 unspecified atom stereocenters. The summed E-state index contributed by atoms with van der Waals surface area (Å²) in [4.78, 5) is 15.1. The lowest BCUT2D eigenvalue weighted by molar-refractivity contribution is 0.0702. The number of aryl methyl sites for hydroxylation is 1. The summed E-state index contributed by atoms with van der Waals surface area (Å²) in [7, 11) is 0. The van der Waals surface area contributed by atoms with E-state index >= 15 is 0 Å². The molecule has 19 heavy (non-hydrogen) atoms. The summed E-state index contributed by atoms with van der Waals surface area (Å²) < 4.78 is 0. The van der Waals surface area contributed by atoms with Gasteiger partial charge in [0.05, 0.1) is 0 Å². The van der Waals surface area contributed by atoms with E-state index in [1.807, 2.05) is 13.0 Å². The standard InChI is InChI=1S/C14H22N2O2S/c1-3-16(12-4-6-15-7-5-12)9-11-8-13(14(17)18)19-10(11)2/h8,12,15H,3-7,9H2,1-2H3,(H,17,18). The zero-order chi connectivity index (χ0) is 13.8. The van der Waals surface area contributed by atoms with E-state index in [0.717, 1.165) is 31.1 Å². The summed E-state index contributed by atoms with van der Waals surface area (Å²) in [6.45, 7) is 8.26. The number of nitrogens with zero attached hydrogens (tertiary/aromatic N) is 1. The highest BCUT2D eigenvalue weighted by atomic mass is 32.1. The van der Waals surface area contributed by atoms with Gasteiger partial charge in [-0.05, 0) is 51.0 Å². The first kappa shape index (κ1) is 14.5. The number of carboxylic acid groups (broad SMARTS) is 1. The van der Waals surface area contributed by atoms with Crippen LogP contribution >= 0.6 is 11.3 Å². The van der Waals surface area contributed by atoms with Crippen LogP contribution in [-0.4, -0.2) is 41.7 Å². The molecule has 0 aliphatic carbocycles. The highest BCUT2D eigenvalue weighted by Gasteiger charge is 2.21. The van der Waals surface area contributed by atoms with Gasteiger partial charge in [-0.25, -0.2) is 4.79 Å². The Balaban J connectivity index is 2.06. The maximum Gasteiger partial charge on any atom is 0.345 e. The normalized spacial score (nSPS) is 17.0. The van der Waals surface area contributed by atoms with Crippen molar-refractivity contribution in [3.05, 3.63) is 21.4 Å². The van der Waals surface area contributed by atoms with Gasteiger partial charge in [-0.1, -0.05) is 6.92 Å². The topological polar surface area (TPSA) is 52.6 Å². The number of hydrogen-bond donors (Lipinski definition) is 2. The monoisotopic (exact) mass is 282 g/mol. The maximum atomic E-state index is 11.0. The van der Waals surface area contributed by atoms with Crippen molar-refractivity contribution in [3.8, 4) is 0 Å². The molecule has 0 bridgehead atoms. The van der Waals surface area contributed by atoms with Crippen molar-refractivity contribution in [2.45, 2.75) is 39.3 Å². The molecule has 2 N–H and O–H groups in total. The van der Waals surface area contributed by atoms with E-state index in [-0.39, 0.29) is 0 Å². The minimum atomic E-state index is -0.815. The maximum absolute atomic E-state index is 11.0. The molecule has 1 aliphatic rings. The van der Waals surface area contributed by atoms with Crippen molar-refractivity contribution in [1.29, 1.82) is 0 Å². The molecule has 1 aromatic rings. The van der Waals surface area contributed by atoms with Gasteiger partial charge in [0.1, 0.15) is 4.88 Å². The Morgan fingerprint density at radius 2 is 2.21 bits per heavy atom. The molecule has 1 aliphatic heterocycles. The fraction of sp³-hybridized carbons (Fsp3) is 0.643. The fourth-order valence-corrected chi connectivity index (χ4v) is 3.54. The van der Waals surface area contributed by atoms with Gasteiger partial charge in [0.15, 0.2) is 0 Å². The molecule has 4 nitrogen and oxygen atoms in total. The minimum absolute atomic E-state index is 0.453. The first-order valence-corrected chi connectivity index (χ1v) is 7.70. The van der Waals surface area contributed by atoms with E-state index in [9.17, 15) is 4.79 Å². The van der Waals surface area contributed by atoms with Crippen molar-refractivity contribution >= 4 is 17.3 Å². The highest BCUT2D eigenvalue weighted by molar-refractivity contribution is 7.14. The van der Waals surface area contributed by atoms with Crippen LogP contribution in [0.5, 0.6) is 0 Å². The number of hydrogen-bond acceptors (Lipinski definition) is 4. The Morgan fingerprint density at radius 1 is 1.53 bits per heavy atom. The predicted octanol–water partition coefficient (Wildman–Crippen LogP) is 2.33. The van der Waals surface area contributed by atoms with Crippen LogP contribution in [0.4, 0.5) is 0 Å². The average molecular weight is 282 g/mol. The number of piperidine rings is 1. The number of thiophene rings is 1. The minimum Gasteiger partial charge on any atom is -0.477 e. The second kappa shape index (κ2) is 6.50. The Labute approximate surface area is 118 Å². The number of nitrogens with one attached hydrogen (secondary N) is 1. The number of rotatable bonds is 5. The lowest BCUT2D eigenvalue weighted by Crippen LogP contribution is -2.42. The van der Waals surface area contributed by atoms with Crippen molar-refractivity contribution in [2.24, 2.45) is 0 Å². The molecule has 1 aromatic heterocycles. The average Bonchev–Trinajstić information content (AvgIpc) is 2.78. The molecule has 0 amide bonds. The molecule has 0 atom stereocenters. The Kier molecular flexibility index (Phi) is 4.96. The zero-order valence-electron chi connectivity index (χ0n) is 11.6. The van der Waals surface area contributed by atoms with E-state index in [2.05, 4.69) is 17.1 Å². The summed E-state index contributed by atoms with van der Waals surface area (Å²) >= 11 is 1.38. The summed E-state index contributed by atoms with van der Waals surface area (Å²) in [5, 5.41) is 12.4. The summed E-state index contributed by atoms with van der Waals surface area (Å²) in [5.41, 5.74) is 1.17. The molecule has 1 saturated heterocycles. The Morgan fingerprint density at radius 3 is 2.74 bits per heavy atom. The van der Waals surface area contributed by atoms with Crippen LogP contribution in [0, 0.1) is 6.92 Å². The van der Waals surface area contributed by atoms with Gasteiger partial charge in [0.2, 0.25) is 0 Å².